The van der Waals surface area contributed by atoms with Crippen LogP contribution in [0.2, 0.25) is 0 Å². The first-order valence-electron chi connectivity index (χ1n) is 6.00. The van der Waals surface area contributed by atoms with Crippen LogP contribution in [-0.2, 0) is 4.79 Å². The second kappa shape index (κ2) is 7.97. The van der Waals surface area contributed by atoms with Gasteiger partial charge in [0.25, 0.3) is 0 Å². The molecular weight excluding hydrogens is 244 g/mol. The third-order valence-electron chi connectivity index (χ3n) is 2.42. The van der Waals surface area contributed by atoms with E-state index in [0.717, 1.165) is 24.5 Å². The largest absolute Gasteiger partial charge is 0.493 e. The van der Waals surface area contributed by atoms with Gasteiger partial charge in [-0.05, 0) is 36.6 Å². The van der Waals surface area contributed by atoms with Gasteiger partial charge in [0.2, 0.25) is 0 Å². The van der Waals surface area contributed by atoms with Crippen LogP contribution in [0.25, 0.3) is 6.08 Å². The van der Waals surface area contributed by atoms with Crippen LogP contribution >= 0.6 is 0 Å². The van der Waals surface area contributed by atoms with Crippen LogP contribution in [0.4, 0.5) is 0 Å². The van der Waals surface area contributed by atoms with Crippen molar-refractivity contribution >= 4 is 12.0 Å². The summed E-state index contributed by atoms with van der Waals surface area (Å²) in [5, 5.41) is 8.57. The maximum atomic E-state index is 10.4. The summed E-state index contributed by atoms with van der Waals surface area (Å²) in [6.07, 6.45) is 6.24. The van der Waals surface area contributed by atoms with Crippen molar-refractivity contribution in [2.24, 2.45) is 0 Å². The molecule has 0 saturated carbocycles. The molecule has 0 amide bonds. The fourth-order valence-corrected chi connectivity index (χ4v) is 1.48. The van der Waals surface area contributed by atoms with E-state index in [9.17, 15) is 4.79 Å². The highest BCUT2D eigenvalue weighted by molar-refractivity contribution is 5.85. The van der Waals surface area contributed by atoms with Gasteiger partial charge in [-0.25, -0.2) is 4.79 Å². The molecule has 4 heteroatoms. The molecule has 0 aliphatic heterocycles. The van der Waals surface area contributed by atoms with E-state index in [1.165, 1.54) is 6.08 Å². The van der Waals surface area contributed by atoms with Crippen LogP contribution in [0.5, 0.6) is 11.5 Å². The van der Waals surface area contributed by atoms with Crippen LogP contribution in [0.15, 0.2) is 36.9 Å². The number of hydrogen-bond acceptors (Lipinski definition) is 3. The van der Waals surface area contributed by atoms with Crippen LogP contribution in [0.3, 0.4) is 0 Å². The first kappa shape index (κ1) is 14.8. The number of allylic oxidation sites excluding steroid dienone is 1. The zero-order valence-electron chi connectivity index (χ0n) is 11.0. The zero-order valence-corrected chi connectivity index (χ0v) is 11.0. The molecule has 0 atom stereocenters. The number of carboxylic acids is 1. The van der Waals surface area contributed by atoms with Gasteiger partial charge in [0.1, 0.15) is 0 Å². The van der Waals surface area contributed by atoms with Crippen molar-refractivity contribution in [3.8, 4) is 11.5 Å². The Morgan fingerprint density at radius 2 is 2.21 bits per heavy atom. The lowest BCUT2D eigenvalue weighted by Crippen LogP contribution is -1.99. The number of rotatable bonds is 8. The summed E-state index contributed by atoms with van der Waals surface area (Å²) < 4.78 is 10.8. The van der Waals surface area contributed by atoms with Crippen LogP contribution in [0, 0.1) is 0 Å². The highest BCUT2D eigenvalue weighted by Gasteiger charge is 2.04. The van der Waals surface area contributed by atoms with Gasteiger partial charge < -0.3 is 14.6 Å². The van der Waals surface area contributed by atoms with Crippen molar-refractivity contribution in [1.82, 2.24) is 0 Å². The van der Waals surface area contributed by atoms with E-state index in [2.05, 4.69) is 6.58 Å². The molecule has 4 nitrogen and oxygen atoms in total. The third-order valence-corrected chi connectivity index (χ3v) is 2.42. The molecule has 0 aliphatic rings. The zero-order chi connectivity index (χ0) is 14.1. The molecule has 1 aromatic carbocycles. The van der Waals surface area contributed by atoms with E-state index < -0.39 is 5.97 Å². The monoisotopic (exact) mass is 262 g/mol. The van der Waals surface area contributed by atoms with Crippen LogP contribution in [-0.4, -0.2) is 24.8 Å². The number of aliphatic carboxylic acids is 1. The molecule has 0 bridgehead atoms. The average molecular weight is 262 g/mol. The molecule has 0 heterocycles. The lowest BCUT2D eigenvalue weighted by molar-refractivity contribution is -0.131. The summed E-state index contributed by atoms with van der Waals surface area (Å²) in [7, 11) is 1.55. The minimum Gasteiger partial charge on any atom is -0.493 e. The standard InChI is InChI=1S/C15H18O4/c1-3-4-5-10-19-13-8-6-12(7-9-15(16)17)11-14(13)18-2/h3,6-9,11H,1,4-5,10H2,2H3,(H,16,17). The van der Waals surface area contributed by atoms with Gasteiger partial charge in [-0.3, -0.25) is 0 Å². The highest BCUT2D eigenvalue weighted by Crippen LogP contribution is 2.28. The average Bonchev–Trinajstić information content (AvgIpc) is 2.42. The van der Waals surface area contributed by atoms with Crippen molar-refractivity contribution in [2.75, 3.05) is 13.7 Å². The Morgan fingerprint density at radius 3 is 2.84 bits per heavy atom. The number of ether oxygens (including phenoxy) is 2. The normalized spacial score (nSPS) is 10.4. The molecule has 102 valence electrons. The number of carbonyl (C=O) groups is 1. The summed E-state index contributed by atoms with van der Waals surface area (Å²) in [5.74, 6) is 0.258. The first-order valence-corrected chi connectivity index (χ1v) is 6.00. The van der Waals surface area contributed by atoms with E-state index in [-0.39, 0.29) is 0 Å². The van der Waals surface area contributed by atoms with Gasteiger partial charge in [-0.15, -0.1) is 6.58 Å². The fraction of sp³-hybridized carbons (Fsp3) is 0.267. The molecule has 0 unspecified atom stereocenters. The predicted molar refractivity (Wildman–Crippen MR) is 74.6 cm³/mol. The van der Waals surface area contributed by atoms with Gasteiger partial charge in [0.15, 0.2) is 11.5 Å². The maximum Gasteiger partial charge on any atom is 0.328 e. The fourth-order valence-electron chi connectivity index (χ4n) is 1.48. The minimum atomic E-state index is -0.983. The Labute approximate surface area is 113 Å². The smallest absolute Gasteiger partial charge is 0.328 e. The molecule has 0 aromatic heterocycles. The second-order valence-electron chi connectivity index (χ2n) is 3.86. The summed E-state index contributed by atoms with van der Waals surface area (Å²) in [5.41, 5.74) is 0.748. The molecule has 0 spiro atoms. The van der Waals surface area contributed by atoms with Crippen molar-refractivity contribution in [3.05, 3.63) is 42.5 Å². The minimum absolute atomic E-state index is 0.589. The second-order valence-corrected chi connectivity index (χ2v) is 3.86. The van der Waals surface area contributed by atoms with Crippen molar-refractivity contribution in [1.29, 1.82) is 0 Å². The summed E-state index contributed by atoms with van der Waals surface area (Å²) >= 11 is 0. The Kier molecular flexibility index (Phi) is 6.22. The van der Waals surface area contributed by atoms with E-state index in [0.29, 0.717) is 18.1 Å². The number of methoxy groups -OCH3 is 1. The summed E-state index contributed by atoms with van der Waals surface area (Å²) in [6.45, 7) is 4.24. The SMILES string of the molecule is C=CCCCOc1ccc(C=CC(=O)O)cc1OC. The van der Waals surface area contributed by atoms with Crippen molar-refractivity contribution < 1.29 is 19.4 Å². The van der Waals surface area contributed by atoms with E-state index in [4.69, 9.17) is 14.6 Å². The molecule has 0 radical (unpaired) electrons. The van der Waals surface area contributed by atoms with E-state index >= 15 is 0 Å². The third kappa shape index (κ3) is 5.29. The predicted octanol–water partition coefficient (Wildman–Crippen LogP) is 3.14. The topological polar surface area (TPSA) is 55.8 Å². The lowest BCUT2D eigenvalue weighted by Gasteiger charge is -2.10. The van der Waals surface area contributed by atoms with E-state index in [1.807, 2.05) is 6.08 Å². The van der Waals surface area contributed by atoms with Gasteiger partial charge >= 0.3 is 5.97 Å². The number of unbranched alkanes of at least 4 members (excludes halogenated alkanes) is 1. The lowest BCUT2D eigenvalue weighted by atomic mass is 10.2. The van der Waals surface area contributed by atoms with Gasteiger partial charge in [0.05, 0.1) is 13.7 Å². The summed E-state index contributed by atoms with van der Waals surface area (Å²) in [6, 6.07) is 5.29. The van der Waals surface area contributed by atoms with Gasteiger partial charge in [-0.1, -0.05) is 12.1 Å². The molecular formula is C15H18O4. The molecule has 1 N–H and O–H groups in total. The molecule has 1 rings (SSSR count). The molecule has 19 heavy (non-hydrogen) atoms. The Morgan fingerprint density at radius 1 is 1.42 bits per heavy atom. The number of hydrogen-bond donors (Lipinski definition) is 1. The molecule has 0 aliphatic carbocycles. The number of benzene rings is 1. The van der Waals surface area contributed by atoms with Gasteiger partial charge in [-0.2, -0.15) is 0 Å². The maximum absolute atomic E-state index is 10.4. The quantitative estimate of drug-likeness (QED) is 0.444. The Bertz CT molecular complexity index is 463. The Balaban J connectivity index is 2.72. The van der Waals surface area contributed by atoms with Crippen molar-refractivity contribution in [3.63, 3.8) is 0 Å². The molecule has 0 saturated heterocycles. The Hall–Kier alpha value is -2.23. The molecule has 0 fully saturated rings. The van der Waals surface area contributed by atoms with Gasteiger partial charge in [0, 0.05) is 6.08 Å². The van der Waals surface area contributed by atoms with Crippen LogP contribution in [0.1, 0.15) is 18.4 Å². The number of carboxylic acid groups (broad SMARTS) is 1. The highest BCUT2D eigenvalue weighted by atomic mass is 16.5. The molecule has 1 aromatic rings. The summed E-state index contributed by atoms with van der Waals surface area (Å²) in [4.78, 5) is 10.4. The van der Waals surface area contributed by atoms with Crippen molar-refractivity contribution in [2.45, 2.75) is 12.8 Å². The first-order chi connectivity index (χ1) is 9.17. The van der Waals surface area contributed by atoms with Crippen LogP contribution < -0.4 is 9.47 Å². The van der Waals surface area contributed by atoms with E-state index in [1.54, 1.807) is 25.3 Å².